The summed E-state index contributed by atoms with van der Waals surface area (Å²) in [5.41, 5.74) is 15.0. The smallest absolute Gasteiger partial charge is 0.0739 e. The molecule has 0 heterocycles. The summed E-state index contributed by atoms with van der Waals surface area (Å²) in [4.78, 5) is 0. The van der Waals surface area contributed by atoms with Crippen molar-refractivity contribution < 1.29 is 58.0 Å². The Bertz CT molecular complexity index is 466. The van der Waals surface area contributed by atoms with E-state index in [2.05, 4.69) is 50.6 Å². The van der Waals surface area contributed by atoms with E-state index in [0.717, 1.165) is 26.2 Å². The normalized spacial score (nSPS) is 10.0. The van der Waals surface area contributed by atoms with Crippen molar-refractivity contribution in [3.05, 3.63) is 0 Å². The summed E-state index contributed by atoms with van der Waals surface area (Å²) in [6.45, 7) is 13.3. The van der Waals surface area contributed by atoms with Gasteiger partial charge in [0.15, 0.2) is 0 Å². The molecule has 0 aliphatic heterocycles. The molecule has 14 heteroatoms. The molecule has 0 saturated heterocycles. The van der Waals surface area contributed by atoms with E-state index in [1.54, 1.807) is 0 Å². The minimum absolute atomic E-state index is 1.11. The summed E-state index contributed by atoms with van der Waals surface area (Å²) < 4.78 is 68.2. The molecule has 12 N–H and O–H groups in total. The summed E-state index contributed by atoms with van der Waals surface area (Å²) in [5, 5.41) is 0. The number of quaternary nitrogens is 4. The van der Waals surface area contributed by atoms with Crippen LogP contribution in [-0.2, 0) is 20.8 Å². The van der Waals surface area contributed by atoms with Gasteiger partial charge in [-0.25, -0.2) is 0 Å². The molecule has 0 saturated carbocycles. The average Bonchev–Trinajstić information content (AvgIpc) is 2.80. The zero-order valence-electron chi connectivity index (χ0n) is 25.1. The molecule has 0 radical (unpaired) electrons. The van der Waals surface area contributed by atoms with Gasteiger partial charge in [-0.3, -0.25) is 16.8 Å². The summed E-state index contributed by atoms with van der Waals surface area (Å²) in [6.07, 6.45) is 21.6. The molecule has 0 aromatic heterocycles. The van der Waals surface area contributed by atoms with E-state index in [4.69, 9.17) is 35.0 Å². The van der Waals surface area contributed by atoms with E-state index in [1.165, 1.54) is 103 Å². The lowest BCUT2D eigenvalue weighted by Gasteiger charge is -2.06. The third kappa shape index (κ3) is 175. The quantitative estimate of drug-likeness (QED) is 0.110. The average molecular weight is 601 g/mol. The lowest BCUT2D eigenvalue weighted by Crippen LogP contribution is -2.50. The molecule has 0 aliphatic carbocycles. The summed E-state index contributed by atoms with van der Waals surface area (Å²) in [7, 11) is -10.3. The van der Waals surface area contributed by atoms with E-state index in [-0.39, 0.29) is 0 Å². The molecule has 0 aromatic rings. The summed E-state index contributed by atoms with van der Waals surface area (Å²) >= 11 is 0. The van der Waals surface area contributed by atoms with Crippen molar-refractivity contribution in [3.8, 4) is 0 Å². The summed E-state index contributed by atoms with van der Waals surface area (Å²) in [5.74, 6) is 0. The Kier molecular flexibility index (Phi) is 61.6. The van der Waals surface area contributed by atoms with Gasteiger partial charge in [0.05, 0.1) is 26.2 Å². The maximum atomic E-state index is 8.52. The van der Waals surface area contributed by atoms with E-state index in [1.807, 2.05) is 0 Å². The second kappa shape index (κ2) is 46.4. The second-order valence-electron chi connectivity index (χ2n) is 8.47. The topological polar surface area (TPSA) is 271 Å². The molecule has 0 unspecified atom stereocenters. The van der Waals surface area contributed by atoms with Gasteiger partial charge in [0.25, 0.3) is 0 Å². The summed E-state index contributed by atoms with van der Waals surface area (Å²) in [6, 6.07) is 0. The van der Waals surface area contributed by atoms with Gasteiger partial charge >= 0.3 is 0 Å². The van der Waals surface area contributed by atoms with Crippen LogP contribution >= 0.6 is 0 Å². The fraction of sp³-hybridized carbons (Fsp3) is 1.00. The molecule has 0 bridgehead atoms. The Morgan fingerprint density at radius 1 is 0.368 bits per heavy atom. The Morgan fingerprint density at radius 3 is 0.579 bits per heavy atom. The molecule has 0 aliphatic rings. The van der Waals surface area contributed by atoms with Gasteiger partial charge in [0, 0.05) is 20.8 Å². The molecular formula is C24H64N4O8S2. The minimum Gasteiger partial charge on any atom is -0.759 e. The highest BCUT2D eigenvalue weighted by atomic mass is 32.3. The van der Waals surface area contributed by atoms with Crippen molar-refractivity contribution in [3.63, 3.8) is 0 Å². The van der Waals surface area contributed by atoms with E-state index in [9.17, 15) is 0 Å². The van der Waals surface area contributed by atoms with Crippen molar-refractivity contribution in [1.29, 1.82) is 0 Å². The van der Waals surface area contributed by atoms with Gasteiger partial charge in [-0.1, -0.05) is 79.1 Å². The molecule has 38 heavy (non-hydrogen) atoms. The van der Waals surface area contributed by atoms with Crippen LogP contribution in [0.4, 0.5) is 0 Å². The molecule has 0 amide bonds. The first-order chi connectivity index (χ1) is 17.7. The predicted octanol–water partition coefficient (Wildman–Crippen LogP) is 0.558. The molecule has 12 nitrogen and oxygen atoms in total. The zero-order chi connectivity index (χ0) is 31.1. The van der Waals surface area contributed by atoms with Gasteiger partial charge in [-0.05, 0) is 51.4 Å². The van der Waals surface area contributed by atoms with Gasteiger partial charge in [0.2, 0.25) is 0 Å². The van der Waals surface area contributed by atoms with E-state index < -0.39 is 20.8 Å². The number of rotatable bonds is 16. The first kappa shape index (κ1) is 50.4. The first-order valence-corrected chi connectivity index (χ1v) is 16.8. The van der Waals surface area contributed by atoms with Crippen LogP contribution in [0, 0.1) is 0 Å². The van der Waals surface area contributed by atoms with Crippen LogP contribution in [0.2, 0.25) is 0 Å². The lowest BCUT2D eigenvalue weighted by atomic mass is 10.2. The van der Waals surface area contributed by atoms with Gasteiger partial charge in [0.1, 0.15) is 0 Å². The molecule has 0 atom stereocenters. The standard InChI is InChI=1S/4C6H15N.2H2O4S/c4*1-2-3-4-5-6-7;2*1-5(2,3)4/h4*2-7H2,1H3;2*(H2,1,2,3,4). The van der Waals surface area contributed by atoms with E-state index >= 15 is 0 Å². The lowest BCUT2D eigenvalue weighted by molar-refractivity contribution is -0.368. The number of hydrogen-bond donors (Lipinski definition) is 4. The monoisotopic (exact) mass is 600 g/mol. The Morgan fingerprint density at radius 2 is 0.500 bits per heavy atom. The third-order valence-electron chi connectivity index (χ3n) is 4.41. The van der Waals surface area contributed by atoms with Crippen LogP contribution in [0.5, 0.6) is 0 Å². The van der Waals surface area contributed by atoms with Gasteiger partial charge in [-0.15, -0.1) is 0 Å². The third-order valence-corrected chi connectivity index (χ3v) is 4.41. The van der Waals surface area contributed by atoms with Crippen LogP contribution in [0.1, 0.15) is 130 Å². The van der Waals surface area contributed by atoms with Gasteiger partial charge in [-0.2, -0.15) is 0 Å². The zero-order valence-corrected chi connectivity index (χ0v) is 26.7. The molecule has 0 spiro atoms. The van der Waals surface area contributed by atoms with E-state index in [0.29, 0.717) is 0 Å². The van der Waals surface area contributed by atoms with Gasteiger partial charge < -0.3 is 41.1 Å². The fourth-order valence-electron chi connectivity index (χ4n) is 2.41. The SMILES string of the molecule is CCCCCC[NH3+].CCCCCC[NH3+].CCCCCC[NH3+].CCCCCC[NH3+].O=S(=O)([O-])[O-].O=S(=O)([O-])[O-]. The highest BCUT2D eigenvalue weighted by Gasteiger charge is 1.84. The fourth-order valence-corrected chi connectivity index (χ4v) is 2.41. The molecule has 0 aromatic carbocycles. The Labute approximate surface area is 235 Å². The maximum absolute atomic E-state index is 8.52. The predicted molar refractivity (Wildman–Crippen MR) is 149 cm³/mol. The largest absolute Gasteiger partial charge is 0.759 e. The second-order valence-corrected chi connectivity index (χ2v) is 10.1. The molecule has 0 fully saturated rings. The van der Waals surface area contributed by atoms with Crippen molar-refractivity contribution in [1.82, 2.24) is 0 Å². The highest BCUT2D eigenvalue weighted by molar-refractivity contribution is 7.79. The van der Waals surface area contributed by atoms with Crippen LogP contribution in [-0.4, -0.2) is 61.2 Å². The van der Waals surface area contributed by atoms with Crippen LogP contribution in [0.15, 0.2) is 0 Å². The Balaban J connectivity index is -0.0000000813. The van der Waals surface area contributed by atoms with Crippen molar-refractivity contribution in [2.75, 3.05) is 26.2 Å². The molecule has 240 valence electrons. The van der Waals surface area contributed by atoms with Crippen LogP contribution < -0.4 is 22.9 Å². The molecular weight excluding hydrogens is 536 g/mol. The van der Waals surface area contributed by atoms with Crippen molar-refractivity contribution in [2.24, 2.45) is 0 Å². The molecule has 0 rings (SSSR count). The van der Waals surface area contributed by atoms with Crippen molar-refractivity contribution >= 4 is 20.8 Å². The number of hydrogen-bond acceptors (Lipinski definition) is 8. The van der Waals surface area contributed by atoms with Crippen molar-refractivity contribution in [2.45, 2.75) is 130 Å². The minimum atomic E-state index is -5.17. The Hall–Kier alpha value is -0.420. The number of unbranched alkanes of at least 4 members (excludes halogenated alkanes) is 12. The van der Waals surface area contributed by atoms with Crippen LogP contribution in [0.25, 0.3) is 0 Å². The van der Waals surface area contributed by atoms with Crippen LogP contribution in [0.3, 0.4) is 0 Å². The highest BCUT2D eigenvalue weighted by Crippen LogP contribution is 1.96. The first-order valence-electron chi connectivity index (χ1n) is 14.2. The maximum Gasteiger partial charge on any atom is 0.0739 e.